The standard InChI is InChI=1S/C20H27N5O3/c1-3-28-17-6-4-16(5-7-17)19(26)21-8-9-22-20-23-15(2)14-18(24-20)25-10-12-27-13-11-25/h4-7,14H,3,8-13H2,1-2H3,(H,21,26)(H,22,23,24). The van der Waals surface area contributed by atoms with Crippen LogP contribution in [0.2, 0.25) is 0 Å². The van der Waals surface area contributed by atoms with Gasteiger partial charge in [0.15, 0.2) is 0 Å². The maximum absolute atomic E-state index is 12.2. The number of morpholine rings is 1. The summed E-state index contributed by atoms with van der Waals surface area (Å²) < 4.78 is 10.8. The van der Waals surface area contributed by atoms with Gasteiger partial charge in [0, 0.05) is 43.5 Å². The van der Waals surface area contributed by atoms with Crippen LogP contribution >= 0.6 is 0 Å². The normalized spacial score (nSPS) is 13.9. The van der Waals surface area contributed by atoms with Crippen molar-refractivity contribution >= 4 is 17.7 Å². The molecule has 1 saturated heterocycles. The van der Waals surface area contributed by atoms with Crippen LogP contribution in [-0.2, 0) is 4.74 Å². The second-order valence-corrected chi connectivity index (χ2v) is 6.43. The SMILES string of the molecule is CCOc1ccc(C(=O)NCCNc2nc(C)cc(N3CCOCC3)n2)cc1. The largest absolute Gasteiger partial charge is 0.494 e. The van der Waals surface area contributed by atoms with Crippen LogP contribution in [-0.4, -0.2) is 61.9 Å². The molecule has 0 spiro atoms. The highest BCUT2D eigenvalue weighted by atomic mass is 16.5. The highest BCUT2D eigenvalue weighted by Gasteiger charge is 2.14. The van der Waals surface area contributed by atoms with E-state index in [1.807, 2.05) is 19.9 Å². The van der Waals surface area contributed by atoms with Gasteiger partial charge in [0.1, 0.15) is 11.6 Å². The third-order valence-corrected chi connectivity index (χ3v) is 4.30. The lowest BCUT2D eigenvalue weighted by molar-refractivity contribution is 0.0955. The fourth-order valence-electron chi connectivity index (χ4n) is 2.91. The van der Waals surface area contributed by atoms with E-state index < -0.39 is 0 Å². The van der Waals surface area contributed by atoms with Crippen molar-refractivity contribution in [2.45, 2.75) is 13.8 Å². The molecule has 1 amide bonds. The van der Waals surface area contributed by atoms with Crippen LogP contribution < -0.4 is 20.3 Å². The first-order valence-electron chi connectivity index (χ1n) is 9.59. The topological polar surface area (TPSA) is 88.6 Å². The molecule has 0 bridgehead atoms. The maximum Gasteiger partial charge on any atom is 0.251 e. The van der Waals surface area contributed by atoms with Gasteiger partial charge in [-0.1, -0.05) is 0 Å². The summed E-state index contributed by atoms with van der Waals surface area (Å²) >= 11 is 0. The molecule has 0 atom stereocenters. The van der Waals surface area contributed by atoms with Crippen molar-refractivity contribution in [3.8, 4) is 5.75 Å². The molecule has 2 aromatic rings. The summed E-state index contributed by atoms with van der Waals surface area (Å²) in [5.74, 6) is 2.10. The molecule has 0 unspecified atom stereocenters. The number of benzene rings is 1. The molecule has 1 aromatic carbocycles. The molecule has 150 valence electrons. The molecule has 8 nitrogen and oxygen atoms in total. The average molecular weight is 385 g/mol. The minimum Gasteiger partial charge on any atom is -0.494 e. The number of ether oxygens (including phenoxy) is 2. The third kappa shape index (κ3) is 5.56. The molecular weight excluding hydrogens is 358 g/mol. The second-order valence-electron chi connectivity index (χ2n) is 6.43. The predicted octanol–water partition coefficient (Wildman–Crippen LogP) is 1.86. The summed E-state index contributed by atoms with van der Waals surface area (Å²) in [4.78, 5) is 23.4. The number of amides is 1. The van der Waals surface area contributed by atoms with Gasteiger partial charge in [-0.3, -0.25) is 4.79 Å². The van der Waals surface area contributed by atoms with Gasteiger partial charge in [0.05, 0.1) is 19.8 Å². The number of rotatable bonds is 8. The first-order valence-corrected chi connectivity index (χ1v) is 9.59. The van der Waals surface area contributed by atoms with Crippen molar-refractivity contribution in [3.05, 3.63) is 41.6 Å². The Morgan fingerprint density at radius 1 is 1.18 bits per heavy atom. The zero-order valence-corrected chi connectivity index (χ0v) is 16.4. The van der Waals surface area contributed by atoms with E-state index in [4.69, 9.17) is 9.47 Å². The van der Waals surface area contributed by atoms with Gasteiger partial charge in [-0.2, -0.15) is 4.98 Å². The molecule has 1 aromatic heterocycles. The predicted molar refractivity (Wildman–Crippen MR) is 108 cm³/mol. The summed E-state index contributed by atoms with van der Waals surface area (Å²) in [6.45, 7) is 8.56. The van der Waals surface area contributed by atoms with Crippen LogP contribution in [0, 0.1) is 6.92 Å². The lowest BCUT2D eigenvalue weighted by Gasteiger charge is -2.28. The van der Waals surface area contributed by atoms with E-state index in [2.05, 4.69) is 25.5 Å². The number of carbonyl (C=O) groups is 1. The summed E-state index contributed by atoms with van der Waals surface area (Å²) in [6, 6.07) is 9.08. The van der Waals surface area contributed by atoms with Crippen molar-refractivity contribution in [2.75, 3.05) is 56.2 Å². The van der Waals surface area contributed by atoms with E-state index in [1.54, 1.807) is 24.3 Å². The molecule has 0 aliphatic carbocycles. The Morgan fingerprint density at radius 3 is 2.64 bits per heavy atom. The Balaban J connectivity index is 1.48. The summed E-state index contributed by atoms with van der Waals surface area (Å²) in [5.41, 5.74) is 1.50. The minimum absolute atomic E-state index is 0.121. The summed E-state index contributed by atoms with van der Waals surface area (Å²) in [6.07, 6.45) is 0. The van der Waals surface area contributed by atoms with Crippen LogP contribution in [0.25, 0.3) is 0 Å². The number of carbonyl (C=O) groups excluding carboxylic acids is 1. The van der Waals surface area contributed by atoms with Crippen molar-refractivity contribution in [1.82, 2.24) is 15.3 Å². The highest BCUT2D eigenvalue weighted by Crippen LogP contribution is 2.16. The van der Waals surface area contributed by atoms with Gasteiger partial charge in [-0.05, 0) is 38.1 Å². The molecule has 28 heavy (non-hydrogen) atoms. The van der Waals surface area contributed by atoms with Crippen LogP contribution in [0.5, 0.6) is 5.75 Å². The average Bonchev–Trinajstić information content (AvgIpc) is 2.72. The molecule has 2 N–H and O–H groups in total. The number of aryl methyl sites for hydroxylation is 1. The van der Waals surface area contributed by atoms with E-state index in [9.17, 15) is 4.79 Å². The number of anilines is 2. The first kappa shape index (κ1) is 19.9. The van der Waals surface area contributed by atoms with E-state index in [0.717, 1.165) is 30.4 Å². The Hall–Kier alpha value is -2.87. The number of nitrogens with one attached hydrogen (secondary N) is 2. The van der Waals surface area contributed by atoms with E-state index in [0.29, 0.717) is 44.4 Å². The lowest BCUT2D eigenvalue weighted by Crippen LogP contribution is -2.37. The molecule has 0 saturated carbocycles. The number of hydrogen-bond donors (Lipinski definition) is 2. The molecule has 8 heteroatoms. The van der Waals surface area contributed by atoms with Gasteiger partial charge in [0.25, 0.3) is 5.91 Å². The zero-order chi connectivity index (χ0) is 19.8. The monoisotopic (exact) mass is 385 g/mol. The van der Waals surface area contributed by atoms with Crippen LogP contribution in [0.1, 0.15) is 23.0 Å². The molecule has 1 fully saturated rings. The van der Waals surface area contributed by atoms with Crippen molar-refractivity contribution in [2.24, 2.45) is 0 Å². The summed E-state index contributed by atoms with van der Waals surface area (Å²) in [7, 11) is 0. The Labute approximate surface area is 165 Å². The number of aromatic nitrogens is 2. The van der Waals surface area contributed by atoms with Crippen molar-refractivity contribution in [3.63, 3.8) is 0 Å². The van der Waals surface area contributed by atoms with Crippen LogP contribution in [0.15, 0.2) is 30.3 Å². The molecule has 2 heterocycles. The van der Waals surface area contributed by atoms with E-state index in [-0.39, 0.29) is 5.91 Å². The Bertz CT molecular complexity index is 776. The smallest absolute Gasteiger partial charge is 0.251 e. The highest BCUT2D eigenvalue weighted by molar-refractivity contribution is 5.94. The van der Waals surface area contributed by atoms with Gasteiger partial charge in [-0.25, -0.2) is 4.98 Å². The van der Waals surface area contributed by atoms with Gasteiger partial charge < -0.3 is 25.0 Å². The maximum atomic E-state index is 12.2. The molecule has 1 aliphatic heterocycles. The van der Waals surface area contributed by atoms with Crippen molar-refractivity contribution < 1.29 is 14.3 Å². The van der Waals surface area contributed by atoms with Crippen LogP contribution in [0.4, 0.5) is 11.8 Å². The van der Waals surface area contributed by atoms with Gasteiger partial charge >= 0.3 is 0 Å². The summed E-state index contributed by atoms with van der Waals surface area (Å²) in [5, 5.41) is 6.07. The fourth-order valence-corrected chi connectivity index (χ4v) is 2.91. The minimum atomic E-state index is -0.121. The molecule has 1 aliphatic rings. The molecule has 0 radical (unpaired) electrons. The third-order valence-electron chi connectivity index (χ3n) is 4.30. The van der Waals surface area contributed by atoms with Crippen molar-refractivity contribution in [1.29, 1.82) is 0 Å². The second kappa shape index (κ2) is 9.89. The van der Waals surface area contributed by atoms with Crippen LogP contribution in [0.3, 0.4) is 0 Å². The molecular formula is C20H27N5O3. The quantitative estimate of drug-likeness (QED) is 0.671. The Kier molecular flexibility index (Phi) is 7.02. The fraction of sp³-hybridized carbons (Fsp3) is 0.450. The Morgan fingerprint density at radius 2 is 1.93 bits per heavy atom. The van der Waals surface area contributed by atoms with Gasteiger partial charge in [-0.15, -0.1) is 0 Å². The van der Waals surface area contributed by atoms with E-state index in [1.165, 1.54) is 0 Å². The number of nitrogens with zero attached hydrogens (tertiary/aromatic N) is 3. The molecule has 3 rings (SSSR count). The van der Waals surface area contributed by atoms with Gasteiger partial charge in [0.2, 0.25) is 5.95 Å². The van der Waals surface area contributed by atoms with E-state index >= 15 is 0 Å². The first-order chi connectivity index (χ1) is 13.7. The lowest BCUT2D eigenvalue weighted by atomic mass is 10.2. The number of hydrogen-bond acceptors (Lipinski definition) is 7. The zero-order valence-electron chi connectivity index (χ0n) is 16.4.